The molecule has 94 valence electrons. The molecule has 0 atom stereocenters. The fourth-order valence-electron chi connectivity index (χ4n) is 2.28. The van der Waals surface area contributed by atoms with E-state index in [1.165, 1.54) is 11.3 Å². The number of ether oxygens (including phenoxy) is 1. The molecule has 0 spiro atoms. The lowest BCUT2D eigenvalue weighted by molar-refractivity contribution is -0.0638. The maximum absolute atomic E-state index is 5.43. The van der Waals surface area contributed by atoms with E-state index in [0.717, 1.165) is 26.2 Å². The van der Waals surface area contributed by atoms with Crippen LogP contribution in [-0.2, 0) is 10.2 Å². The van der Waals surface area contributed by atoms with Gasteiger partial charge in [-0.3, -0.25) is 0 Å². The van der Waals surface area contributed by atoms with Crippen molar-refractivity contribution in [3.63, 3.8) is 0 Å². The largest absolute Gasteiger partial charge is 0.379 e. The second kappa shape index (κ2) is 5.07. The van der Waals surface area contributed by atoms with E-state index in [1.807, 2.05) is 7.05 Å². The molecule has 3 heteroatoms. The minimum atomic E-state index is 0.244. The Hall–Kier alpha value is -1.06. The van der Waals surface area contributed by atoms with Gasteiger partial charge in [-0.25, -0.2) is 0 Å². The molecule has 1 aromatic rings. The summed E-state index contributed by atoms with van der Waals surface area (Å²) < 4.78 is 5.43. The number of nitrogens with zero attached hydrogens (tertiary/aromatic N) is 1. The Balaban J connectivity index is 2.14. The maximum atomic E-state index is 5.43. The van der Waals surface area contributed by atoms with Crippen LogP contribution < -0.4 is 10.2 Å². The van der Waals surface area contributed by atoms with Crippen molar-refractivity contribution in [2.24, 2.45) is 0 Å². The molecular formula is C14H22N2O. The van der Waals surface area contributed by atoms with E-state index in [2.05, 4.69) is 48.6 Å². The summed E-state index contributed by atoms with van der Waals surface area (Å²) in [5.74, 6) is 0. The van der Waals surface area contributed by atoms with E-state index in [0.29, 0.717) is 0 Å². The summed E-state index contributed by atoms with van der Waals surface area (Å²) in [5, 5.41) is 3.23. The maximum Gasteiger partial charge on any atom is 0.0586 e. The Kier molecular flexibility index (Phi) is 3.69. The molecule has 0 aromatic heterocycles. The highest BCUT2D eigenvalue weighted by Gasteiger charge is 2.39. The molecular weight excluding hydrogens is 212 g/mol. The smallest absolute Gasteiger partial charge is 0.0586 e. The minimum absolute atomic E-state index is 0.244. The molecule has 0 saturated carbocycles. The van der Waals surface area contributed by atoms with E-state index in [9.17, 15) is 0 Å². The molecule has 1 aliphatic rings. The van der Waals surface area contributed by atoms with Crippen molar-refractivity contribution in [3.05, 3.63) is 29.8 Å². The van der Waals surface area contributed by atoms with Crippen molar-refractivity contribution in [1.82, 2.24) is 5.32 Å². The van der Waals surface area contributed by atoms with Gasteiger partial charge < -0.3 is 15.0 Å². The molecule has 2 rings (SSSR count). The second-order valence-electron chi connectivity index (χ2n) is 5.07. The molecule has 1 heterocycles. The summed E-state index contributed by atoms with van der Waals surface area (Å²) >= 11 is 0. The van der Waals surface area contributed by atoms with E-state index in [4.69, 9.17) is 4.74 Å². The summed E-state index contributed by atoms with van der Waals surface area (Å²) in [6.45, 7) is 2.75. The Labute approximate surface area is 104 Å². The molecule has 0 unspecified atom stereocenters. The first-order valence-electron chi connectivity index (χ1n) is 6.18. The normalized spacial score (nSPS) is 17.6. The predicted molar refractivity (Wildman–Crippen MR) is 71.8 cm³/mol. The fraction of sp³-hybridized carbons (Fsp3) is 0.571. The second-order valence-corrected chi connectivity index (χ2v) is 5.07. The fourth-order valence-corrected chi connectivity index (χ4v) is 2.28. The first-order chi connectivity index (χ1) is 8.18. The third-order valence-electron chi connectivity index (χ3n) is 3.61. The summed E-state index contributed by atoms with van der Waals surface area (Å²) in [5.41, 5.74) is 2.90. The number of hydrogen-bond donors (Lipinski definition) is 1. The van der Waals surface area contributed by atoms with Crippen molar-refractivity contribution in [2.45, 2.75) is 11.8 Å². The van der Waals surface area contributed by atoms with Crippen LogP contribution in [0.1, 0.15) is 12.0 Å². The molecule has 1 saturated heterocycles. The highest BCUT2D eigenvalue weighted by molar-refractivity contribution is 5.47. The standard InChI is InChI=1S/C14H22N2O/c1-15-9-8-14(10-17-11-14)12-4-6-13(7-5-12)16(2)3/h4-7,15H,8-11H2,1-3H3. The summed E-state index contributed by atoms with van der Waals surface area (Å²) in [7, 11) is 6.14. The summed E-state index contributed by atoms with van der Waals surface area (Å²) in [4.78, 5) is 2.13. The minimum Gasteiger partial charge on any atom is -0.379 e. The molecule has 1 fully saturated rings. The van der Waals surface area contributed by atoms with Crippen molar-refractivity contribution in [1.29, 1.82) is 0 Å². The van der Waals surface area contributed by atoms with Crippen LogP contribution in [0, 0.1) is 0 Å². The van der Waals surface area contributed by atoms with E-state index in [-0.39, 0.29) is 5.41 Å². The van der Waals surface area contributed by atoms with E-state index < -0.39 is 0 Å². The lowest BCUT2D eigenvalue weighted by Crippen LogP contribution is -2.48. The molecule has 1 aliphatic heterocycles. The van der Waals surface area contributed by atoms with Crippen molar-refractivity contribution < 1.29 is 4.74 Å². The number of nitrogens with one attached hydrogen (secondary N) is 1. The SMILES string of the molecule is CNCCC1(c2ccc(N(C)C)cc2)COC1. The quantitative estimate of drug-likeness (QED) is 0.838. The summed E-state index contributed by atoms with van der Waals surface area (Å²) in [6.07, 6.45) is 1.14. The van der Waals surface area contributed by atoms with Gasteiger partial charge in [-0.15, -0.1) is 0 Å². The Morgan fingerprint density at radius 1 is 1.24 bits per heavy atom. The van der Waals surface area contributed by atoms with Crippen LogP contribution >= 0.6 is 0 Å². The summed E-state index contributed by atoms with van der Waals surface area (Å²) in [6, 6.07) is 8.87. The van der Waals surface area contributed by atoms with Gasteiger partial charge in [0.1, 0.15) is 0 Å². The van der Waals surface area contributed by atoms with Crippen molar-refractivity contribution in [2.75, 3.05) is 45.8 Å². The number of benzene rings is 1. The number of anilines is 1. The van der Waals surface area contributed by atoms with E-state index >= 15 is 0 Å². The van der Waals surface area contributed by atoms with Crippen LogP contribution in [0.3, 0.4) is 0 Å². The lowest BCUT2D eigenvalue weighted by Gasteiger charge is -2.42. The predicted octanol–water partition coefficient (Wildman–Crippen LogP) is 1.63. The monoisotopic (exact) mass is 234 g/mol. The van der Waals surface area contributed by atoms with Gasteiger partial charge in [0, 0.05) is 25.2 Å². The first-order valence-corrected chi connectivity index (χ1v) is 6.18. The number of hydrogen-bond acceptors (Lipinski definition) is 3. The van der Waals surface area contributed by atoms with Gasteiger partial charge in [-0.2, -0.15) is 0 Å². The highest BCUT2D eigenvalue weighted by Crippen LogP contribution is 2.36. The zero-order chi connectivity index (χ0) is 12.3. The molecule has 0 bridgehead atoms. The Morgan fingerprint density at radius 2 is 1.88 bits per heavy atom. The van der Waals surface area contributed by atoms with Crippen LogP contribution in [0.15, 0.2) is 24.3 Å². The third-order valence-corrected chi connectivity index (χ3v) is 3.61. The molecule has 0 amide bonds. The zero-order valence-electron chi connectivity index (χ0n) is 11.0. The van der Waals surface area contributed by atoms with Crippen LogP contribution in [0.4, 0.5) is 5.69 Å². The van der Waals surface area contributed by atoms with Gasteiger partial charge in [0.2, 0.25) is 0 Å². The average molecular weight is 234 g/mol. The number of rotatable bonds is 5. The molecule has 1 aromatic carbocycles. The molecule has 1 N–H and O–H groups in total. The molecule has 0 aliphatic carbocycles. The Bertz CT molecular complexity index is 355. The highest BCUT2D eigenvalue weighted by atomic mass is 16.5. The lowest BCUT2D eigenvalue weighted by atomic mass is 9.76. The topological polar surface area (TPSA) is 24.5 Å². The molecule has 17 heavy (non-hydrogen) atoms. The van der Waals surface area contributed by atoms with Gasteiger partial charge in [0.25, 0.3) is 0 Å². The zero-order valence-corrected chi connectivity index (χ0v) is 11.0. The van der Waals surface area contributed by atoms with Crippen molar-refractivity contribution >= 4 is 5.69 Å². The third kappa shape index (κ3) is 2.45. The molecule has 3 nitrogen and oxygen atoms in total. The van der Waals surface area contributed by atoms with E-state index in [1.54, 1.807) is 0 Å². The van der Waals surface area contributed by atoms with Crippen LogP contribution in [0.25, 0.3) is 0 Å². The van der Waals surface area contributed by atoms with Gasteiger partial charge >= 0.3 is 0 Å². The van der Waals surface area contributed by atoms with Crippen LogP contribution in [0.2, 0.25) is 0 Å². The van der Waals surface area contributed by atoms with Gasteiger partial charge in [-0.1, -0.05) is 12.1 Å². The average Bonchev–Trinajstić information content (AvgIpc) is 2.28. The van der Waals surface area contributed by atoms with Crippen molar-refractivity contribution in [3.8, 4) is 0 Å². The van der Waals surface area contributed by atoms with Gasteiger partial charge in [-0.05, 0) is 37.7 Å². The van der Waals surface area contributed by atoms with Gasteiger partial charge in [0.15, 0.2) is 0 Å². The van der Waals surface area contributed by atoms with Crippen LogP contribution in [0.5, 0.6) is 0 Å². The van der Waals surface area contributed by atoms with Crippen LogP contribution in [-0.4, -0.2) is 40.9 Å². The van der Waals surface area contributed by atoms with Gasteiger partial charge in [0.05, 0.1) is 13.2 Å². The first kappa shape index (κ1) is 12.4. The Morgan fingerprint density at radius 3 is 2.29 bits per heavy atom. The molecule has 0 radical (unpaired) electrons.